The third-order valence-electron chi connectivity index (χ3n) is 4.44. The van der Waals surface area contributed by atoms with Crippen LogP contribution in [-0.2, 0) is 14.3 Å². The van der Waals surface area contributed by atoms with Crippen LogP contribution in [-0.4, -0.2) is 49.7 Å². The smallest absolute Gasteiger partial charge is 0.349 e. The highest BCUT2D eigenvalue weighted by Gasteiger charge is 2.19. The maximum Gasteiger partial charge on any atom is 0.349 e. The van der Waals surface area contributed by atoms with E-state index in [2.05, 4.69) is 18.7 Å². The van der Waals surface area contributed by atoms with E-state index in [1.807, 2.05) is 61.9 Å². The van der Waals surface area contributed by atoms with Crippen molar-refractivity contribution in [2.75, 3.05) is 38.2 Å². The zero-order valence-corrected chi connectivity index (χ0v) is 18.0. The highest BCUT2D eigenvalue weighted by molar-refractivity contribution is 5.97. The summed E-state index contributed by atoms with van der Waals surface area (Å²) in [6, 6.07) is 9.75. The molecule has 1 aliphatic heterocycles. The van der Waals surface area contributed by atoms with E-state index in [1.165, 1.54) is 0 Å². The maximum atomic E-state index is 12.2. The molecule has 0 radical (unpaired) electrons. The number of aliphatic carboxylic acids is 1. The van der Waals surface area contributed by atoms with Gasteiger partial charge in [-0.2, -0.15) is 5.26 Å². The van der Waals surface area contributed by atoms with Crippen LogP contribution >= 0.6 is 0 Å². The zero-order chi connectivity index (χ0) is 22.6. The van der Waals surface area contributed by atoms with Crippen LogP contribution in [0.4, 0.5) is 5.69 Å². The Labute approximate surface area is 178 Å². The monoisotopic (exact) mass is 411 g/mol. The lowest BCUT2D eigenvalue weighted by molar-refractivity contribution is -0.804. The van der Waals surface area contributed by atoms with Crippen molar-refractivity contribution in [2.45, 2.75) is 20.8 Å². The molecule has 0 N–H and O–H groups in total. The van der Waals surface area contributed by atoms with Gasteiger partial charge in [0, 0.05) is 24.7 Å². The number of carboxylic acid groups (broad SMARTS) is 1. The van der Waals surface area contributed by atoms with Crippen molar-refractivity contribution in [2.24, 2.45) is 0 Å². The Hall–Kier alpha value is -3.37. The molecule has 30 heavy (non-hydrogen) atoms. The van der Waals surface area contributed by atoms with E-state index in [9.17, 15) is 10.1 Å². The van der Waals surface area contributed by atoms with Crippen LogP contribution in [0.5, 0.6) is 0 Å². The molecule has 0 saturated heterocycles. The second-order valence-electron chi connectivity index (χ2n) is 6.81. The van der Waals surface area contributed by atoms with Crippen molar-refractivity contribution in [3.05, 3.63) is 60.0 Å². The Morgan fingerprint density at radius 3 is 2.17 bits per heavy atom. The van der Waals surface area contributed by atoms with Crippen LogP contribution < -0.4 is 10.0 Å². The molecule has 0 spiro atoms. The maximum absolute atomic E-state index is 12.2. The lowest BCUT2D eigenvalue weighted by Gasteiger charge is -2.22. The predicted molar refractivity (Wildman–Crippen MR) is 115 cm³/mol. The number of likely N-dealkylation sites (N-methyl/N-ethyl adjacent to an activating group) is 1. The average Bonchev–Trinajstić information content (AvgIpc) is 3.14. The molecule has 0 saturated carbocycles. The summed E-state index contributed by atoms with van der Waals surface area (Å²) < 4.78 is 5.86. The van der Waals surface area contributed by atoms with E-state index in [0.29, 0.717) is 11.0 Å². The quantitative estimate of drug-likeness (QED) is 0.282. The van der Waals surface area contributed by atoms with E-state index in [1.54, 1.807) is 6.08 Å². The highest BCUT2D eigenvalue weighted by atomic mass is 16.5. The van der Waals surface area contributed by atoms with Gasteiger partial charge in [0.15, 0.2) is 0 Å². The van der Waals surface area contributed by atoms with Gasteiger partial charge in [-0.25, -0.2) is 4.79 Å². The van der Waals surface area contributed by atoms with Crippen molar-refractivity contribution in [3.63, 3.8) is 0 Å². The number of anilines is 1. The van der Waals surface area contributed by atoms with Crippen molar-refractivity contribution in [3.8, 4) is 6.07 Å². The first-order valence-electron chi connectivity index (χ1n) is 9.78. The molecule has 1 heterocycles. The van der Waals surface area contributed by atoms with Crippen molar-refractivity contribution in [1.29, 1.82) is 5.26 Å². The molecule has 0 fully saturated rings. The van der Waals surface area contributed by atoms with E-state index in [0.717, 1.165) is 31.3 Å². The Morgan fingerprint density at radius 1 is 1.17 bits per heavy atom. The van der Waals surface area contributed by atoms with Crippen LogP contribution in [0.1, 0.15) is 26.3 Å². The molecule has 160 valence electrons. The number of carboxylic acids is 1. The summed E-state index contributed by atoms with van der Waals surface area (Å²) in [6.07, 6.45) is 9.54. The number of quaternary nitrogens is 1. The third kappa shape index (κ3) is 8.33. The molecule has 0 bridgehead atoms. The molecule has 0 aromatic heterocycles. The largest absolute Gasteiger partial charge is 0.550 e. The van der Waals surface area contributed by atoms with Gasteiger partial charge in [-0.05, 0) is 56.7 Å². The first-order chi connectivity index (χ1) is 14.2. The van der Waals surface area contributed by atoms with E-state index in [-0.39, 0.29) is 12.2 Å². The van der Waals surface area contributed by atoms with Crippen LogP contribution in [0.15, 0.2) is 54.4 Å². The SMILES string of the molecule is CC(=O)[O-].CCN(CC)c1ccc(/C=C(\C#N)C(=O)OCC[N+]2(C)C=CC=C2)cc1. The minimum atomic E-state index is -1.08. The molecule has 7 heteroatoms. The minimum Gasteiger partial charge on any atom is -0.550 e. The number of esters is 1. The lowest BCUT2D eigenvalue weighted by atomic mass is 10.1. The molecule has 1 aromatic rings. The zero-order valence-electron chi connectivity index (χ0n) is 18.0. The summed E-state index contributed by atoms with van der Waals surface area (Å²) in [5.41, 5.74) is 1.94. The number of nitriles is 1. The summed E-state index contributed by atoms with van der Waals surface area (Å²) in [5, 5.41) is 18.2. The number of rotatable bonds is 8. The number of ether oxygens (including phenoxy) is 1. The summed E-state index contributed by atoms with van der Waals surface area (Å²) in [6.45, 7) is 7.95. The number of carbonyl (C=O) groups is 2. The Kier molecular flexibility index (Phi) is 10.1. The molecule has 7 nitrogen and oxygen atoms in total. The topological polar surface area (TPSA) is 93.5 Å². The standard InChI is InChI=1S/C21H26N3O2.C2H4O2/c1-4-23(5-2)20-10-8-18(9-11-20)16-19(17-22)21(25)26-15-14-24(3)12-6-7-13-24;1-2(3)4/h6-13,16H,4-5,14-15H2,1-3H3;1H3,(H,3,4)/q+1;/p-1/b19-16+;. The van der Waals surface area contributed by atoms with Gasteiger partial charge in [-0.15, -0.1) is 0 Å². The first-order valence-corrected chi connectivity index (χ1v) is 9.78. The second kappa shape index (κ2) is 12.2. The van der Waals surface area contributed by atoms with E-state index < -0.39 is 11.9 Å². The van der Waals surface area contributed by atoms with Crippen molar-refractivity contribution >= 4 is 23.7 Å². The fraction of sp³-hybridized carbons (Fsp3) is 0.348. The molecule has 2 rings (SSSR count). The summed E-state index contributed by atoms with van der Waals surface area (Å²) in [4.78, 5) is 23.3. The van der Waals surface area contributed by atoms with Crippen LogP contribution in [0, 0.1) is 11.3 Å². The first kappa shape index (κ1) is 24.7. The van der Waals surface area contributed by atoms with Gasteiger partial charge in [0.1, 0.15) is 37.2 Å². The third-order valence-corrected chi connectivity index (χ3v) is 4.44. The summed E-state index contributed by atoms with van der Waals surface area (Å²) in [5.74, 6) is -1.67. The Bertz CT molecular complexity index is 828. The summed E-state index contributed by atoms with van der Waals surface area (Å²) >= 11 is 0. The molecular formula is C23H29N3O4. The molecule has 1 aromatic carbocycles. The Morgan fingerprint density at radius 2 is 1.70 bits per heavy atom. The lowest BCUT2D eigenvalue weighted by Crippen LogP contribution is -2.34. The Balaban J connectivity index is 0.00000103. The van der Waals surface area contributed by atoms with Crippen LogP contribution in [0.25, 0.3) is 6.08 Å². The second-order valence-corrected chi connectivity index (χ2v) is 6.81. The van der Waals surface area contributed by atoms with Crippen LogP contribution in [0.3, 0.4) is 0 Å². The van der Waals surface area contributed by atoms with Crippen molar-refractivity contribution < 1.29 is 23.9 Å². The highest BCUT2D eigenvalue weighted by Crippen LogP contribution is 2.17. The van der Waals surface area contributed by atoms with Gasteiger partial charge < -0.3 is 19.5 Å². The number of hydrogen-bond acceptors (Lipinski definition) is 6. The van der Waals surface area contributed by atoms with Gasteiger partial charge in [-0.3, -0.25) is 4.48 Å². The van der Waals surface area contributed by atoms with E-state index >= 15 is 0 Å². The average molecular weight is 412 g/mol. The molecular weight excluding hydrogens is 382 g/mol. The van der Waals surface area contributed by atoms with Gasteiger partial charge in [-0.1, -0.05) is 12.1 Å². The van der Waals surface area contributed by atoms with Gasteiger partial charge in [0.25, 0.3) is 0 Å². The number of nitrogens with zero attached hydrogens (tertiary/aromatic N) is 3. The predicted octanol–water partition coefficient (Wildman–Crippen LogP) is 2.23. The number of allylic oxidation sites excluding steroid dienone is 2. The van der Waals surface area contributed by atoms with Crippen molar-refractivity contribution in [1.82, 2.24) is 0 Å². The van der Waals surface area contributed by atoms with Crippen LogP contribution in [0.2, 0.25) is 0 Å². The molecule has 0 amide bonds. The van der Waals surface area contributed by atoms with Gasteiger partial charge in [0.2, 0.25) is 0 Å². The fourth-order valence-electron chi connectivity index (χ4n) is 2.78. The molecule has 1 aliphatic rings. The normalized spacial score (nSPS) is 13.8. The molecule has 0 aliphatic carbocycles. The molecule has 0 atom stereocenters. The van der Waals surface area contributed by atoms with Gasteiger partial charge in [0.05, 0.1) is 7.05 Å². The minimum absolute atomic E-state index is 0.00995. The fourth-order valence-corrected chi connectivity index (χ4v) is 2.78. The summed E-state index contributed by atoms with van der Waals surface area (Å²) in [7, 11) is 2.02. The van der Waals surface area contributed by atoms with E-state index in [4.69, 9.17) is 14.6 Å². The number of benzene rings is 1. The number of hydrogen-bond donors (Lipinski definition) is 0. The van der Waals surface area contributed by atoms with Gasteiger partial charge >= 0.3 is 5.97 Å². The molecule has 0 unspecified atom stereocenters. The number of carbonyl (C=O) groups excluding carboxylic acids is 2.